The van der Waals surface area contributed by atoms with Gasteiger partial charge in [0.25, 0.3) is 0 Å². The third-order valence-electron chi connectivity index (χ3n) is 2.26. The Kier molecular flexibility index (Phi) is 4.05. The highest BCUT2D eigenvalue weighted by Crippen LogP contribution is 2.25. The van der Waals surface area contributed by atoms with Crippen LogP contribution in [0.25, 0.3) is 0 Å². The Bertz CT molecular complexity index is 342. The second-order valence-electron chi connectivity index (χ2n) is 5.10. The standard InChI is InChI=1S/C13H21NO2/c1-13(2,3)5-6-16-12-8-10(14)7-11(9-12)15-4/h7-9H,5-6,14H2,1-4H3. The lowest BCUT2D eigenvalue weighted by Crippen LogP contribution is -2.11. The Balaban J connectivity index is 2.57. The number of rotatable bonds is 4. The molecule has 3 heteroatoms. The van der Waals surface area contributed by atoms with Gasteiger partial charge in [0.15, 0.2) is 0 Å². The molecule has 16 heavy (non-hydrogen) atoms. The third-order valence-corrected chi connectivity index (χ3v) is 2.26. The summed E-state index contributed by atoms with van der Waals surface area (Å²) in [4.78, 5) is 0. The van der Waals surface area contributed by atoms with E-state index in [0.717, 1.165) is 17.9 Å². The minimum absolute atomic E-state index is 0.282. The Morgan fingerprint density at radius 1 is 1.12 bits per heavy atom. The molecule has 0 spiro atoms. The summed E-state index contributed by atoms with van der Waals surface area (Å²) in [5.74, 6) is 1.49. The van der Waals surface area contributed by atoms with Crippen LogP contribution in [0.4, 0.5) is 5.69 Å². The quantitative estimate of drug-likeness (QED) is 0.798. The predicted octanol–water partition coefficient (Wildman–Crippen LogP) is 3.09. The van der Waals surface area contributed by atoms with Crippen LogP contribution in [0.5, 0.6) is 11.5 Å². The number of methoxy groups -OCH3 is 1. The van der Waals surface area contributed by atoms with Gasteiger partial charge in [-0.05, 0) is 11.8 Å². The highest BCUT2D eigenvalue weighted by molar-refractivity contribution is 5.50. The maximum Gasteiger partial charge on any atom is 0.125 e. The number of benzene rings is 1. The Morgan fingerprint density at radius 2 is 1.75 bits per heavy atom. The SMILES string of the molecule is COc1cc(N)cc(OCCC(C)(C)C)c1. The van der Waals surface area contributed by atoms with E-state index in [2.05, 4.69) is 20.8 Å². The van der Waals surface area contributed by atoms with Crippen molar-refractivity contribution in [2.24, 2.45) is 5.41 Å². The van der Waals surface area contributed by atoms with Gasteiger partial charge in [-0.3, -0.25) is 0 Å². The maximum absolute atomic E-state index is 5.73. The number of ether oxygens (including phenoxy) is 2. The summed E-state index contributed by atoms with van der Waals surface area (Å²) in [5.41, 5.74) is 6.67. The van der Waals surface area contributed by atoms with Crippen molar-refractivity contribution in [2.75, 3.05) is 19.5 Å². The highest BCUT2D eigenvalue weighted by Gasteiger charge is 2.10. The summed E-state index contributed by atoms with van der Waals surface area (Å²) in [6, 6.07) is 5.43. The summed E-state index contributed by atoms with van der Waals surface area (Å²) in [5, 5.41) is 0. The largest absolute Gasteiger partial charge is 0.497 e. The van der Waals surface area contributed by atoms with E-state index in [0.29, 0.717) is 12.3 Å². The Labute approximate surface area is 97.6 Å². The number of nitrogen functional groups attached to an aromatic ring is 1. The van der Waals surface area contributed by atoms with Crippen molar-refractivity contribution >= 4 is 5.69 Å². The minimum atomic E-state index is 0.282. The van der Waals surface area contributed by atoms with Crippen LogP contribution in [0.1, 0.15) is 27.2 Å². The molecule has 0 heterocycles. The van der Waals surface area contributed by atoms with Gasteiger partial charge in [0.05, 0.1) is 13.7 Å². The van der Waals surface area contributed by atoms with E-state index in [1.165, 1.54) is 0 Å². The van der Waals surface area contributed by atoms with Crippen LogP contribution in [0.3, 0.4) is 0 Å². The van der Waals surface area contributed by atoms with E-state index in [9.17, 15) is 0 Å². The van der Waals surface area contributed by atoms with E-state index in [4.69, 9.17) is 15.2 Å². The van der Waals surface area contributed by atoms with Gasteiger partial charge >= 0.3 is 0 Å². The molecular weight excluding hydrogens is 202 g/mol. The summed E-state index contributed by atoms with van der Waals surface area (Å²) in [6.07, 6.45) is 1.00. The average molecular weight is 223 g/mol. The normalized spacial score (nSPS) is 11.2. The van der Waals surface area contributed by atoms with Crippen molar-refractivity contribution in [2.45, 2.75) is 27.2 Å². The molecule has 0 aliphatic rings. The van der Waals surface area contributed by atoms with Crippen molar-refractivity contribution < 1.29 is 9.47 Å². The fourth-order valence-electron chi connectivity index (χ4n) is 1.27. The van der Waals surface area contributed by atoms with Gasteiger partial charge in [0.1, 0.15) is 11.5 Å². The molecule has 1 rings (SSSR count). The lowest BCUT2D eigenvalue weighted by atomic mass is 9.93. The van der Waals surface area contributed by atoms with Gasteiger partial charge in [-0.25, -0.2) is 0 Å². The fraction of sp³-hybridized carbons (Fsp3) is 0.538. The molecule has 0 saturated carbocycles. The van der Waals surface area contributed by atoms with Gasteiger partial charge in [0, 0.05) is 23.9 Å². The van der Waals surface area contributed by atoms with Crippen molar-refractivity contribution in [3.8, 4) is 11.5 Å². The lowest BCUT2D eigenvalue weighted by molar-refractivity contribution is 0.242. The van der Waals surface area contributed by atoms with Crippen molar-refractivity contribution in [1.29, 1.82) is 0 Å². The van der Waals surface area contributed by atoms with E-state index in [-0.39, 0.29) is 5.41 Å². The zero-order chi connectivity index (χ0) is 12.2. The smallest absolute Gasteiger partial charge is 0.125 e. The summed E-state index contributed by atoms with van der Waals surface area (Å²) in [6.45, 7) is 7.26. The number of hydrogen-bond acceptors (Lipinski definition) is 3. The van der Waals surface area contributed by atoms with Crippen LogP contribution in [0.15, 0.2) is 18.2 Å². The minimum Gasteiger partial charge on any atom is -0.497 e. The molecule has 0 atom stereocenters. The first-order chi connectivity index (χ1) is 7.40. The molecule has 0 unspecified atom stereocenters. The molecule has 1 aromatic rings. The van der Waals surface area contributed by atoms with Gasteiger partial charge in [-0.15, -0.1) is 0 Å². The molecule has 0 fully saturated rings. The topological polar surface area (TPSA) is 44.5 Å². The second-order valence-corrected chi connectivity index (χ2v) is 5.10. The molecule has 0 aliphatic heterocycles. The third kappa shape index (κ3) is 4.43. The van der Waals surface area contributed by atoms with Crippen molar-refractivity contribution in [3.63, 3.8) is 0 Å². The van der Waals surface area contributed by atoms with E-state index in [1.807, 2.05) is 12.1 Å². The van der Waals surface area contributed by atoms with Gasteiger partial charge < -0.3 is 15.2 Å². The monoisotopic (exact) mass is 223 g/mol. The van der Waals surface area contributed by atoms with Crippen molar-refractivity contribution in [3.05, 3.63) is 18.2 Å². The molecule has 1 aromatic carbocycles. The first-order valence-electron chi connectivity index (χ1n) is 5.48. The second kappa shape index (κ2) is 5.10. The molecule has 0 radical (unpaired) electrons. The van der Waals surface area contributed by atoms with Crippen LogP contribution in [0.2, 0.25) is 0 Å². The zero-order valence-electron chi connectivity index (χ0n) is 10.5. The van der Waals surface area contributed by atoms with Crippen LogP contribution in [-0.2, 0) is 0 Å². The summed E-state index contributed by atoms with van der Waals surface area (Å²) >= 11 is 0. The number of nitrogens with two attached hydrogens (primary N) is 1. The first kappa shape index (κ1) is 12.7. The van der Waals surface area contributed by atoms with Gasteiger partial charge in [-0.2, -0.15) is 0 Å². The van der Waals surface area contributed by atoms with E-state index < -0.39 is 0 Å². The number of anilines is 1. The van der Waals surface area contributed by atoms with Crippen LogP contribution in [0, 0.1) is 5.41 Å². The fourth-order valence-corrected chi connectivity index (χ4v) is 1.27. The maximum atomic E-state index is 5.73. The van der Waals surface area contributed by atoms with Gasteiger partial charge in [-0.1, -0.05) is 20.8 Å². The summed E-state index contributed by atoms with van der Waals surface area (Å²) < 4.78 is 10.8. The lowest BCUT2D eigenvalue weighted by Gasteiger charge is -2.18. The number of hydrogen-bond donors (Lipinski definition) is 1. The zero-order valence-corrected chi connectivity index (χ0v) is 10.5. The molecule has 0 bridgehead atoms. The van der Waals surface area contributed by atoms with Gasteiger partial charge in [0.2, 0.25) is 0 Å². The molecule has 3 nitrogen and oxygen atoms in total. The predicted molar refractivity (Wildman–Crippen MR) is 67.0 cm³/mol. The first-order valence-corrected chi connectivity index (χ1v) is 5.48. The Hall–Kier alpha value is -1.38. The molecular formula is C13H21NO2. The van der Waals surface area contributed by atoms with Crippen LogP contribution in [-0.4, -0.2) is 13.7 Å². The van der Waals surface area contributed by atoms with E-state index >= 15 is 0 Å². The van der Waals surface area contributed by atoms with E-state index in [1.54, 1.807) is 13.2 Å². The molecule has 2 N–H and O–H groups in total. The molecule has 0 aromatic heterocycles. The molecule has 0 amide bonds. The molecule has 90 valence electrons. The molecule has 0 aliphatic carbocycles. The summed E-state index contributed by atoms with van der Waals surface area (Å²) in [7, 11) is 1.62. The van der Waals surface area contributed by atoms with Crippen molar-refractivity contribution in [1.82, 2.24) is 0 Å². The van der Waals surface area contributed by atoms with Crippen LogP contribution < -0.4 is 15.2 Å². The Morgan fingerprint density at radius 3 is 2.31 bits per heavy atom. The average Bonchev–Trinajstić information content (AvgIpc) is 2.14. The highest BCUT2D eigenvalue weighted by atomic mass is 16.5. The van der Waals surface area contributed by atoms with Crippen LogP contribution >= 0.6 is 0 Å². The molecule has 0 saturated heterocycles.